The van der Waals surface area contributed by atoms with Crippen LogP contribution >= 0.6 is 15.9 Å². The van der Waals surface area contributed by atoms with Crippen LogP contribution in [0.3, 0.4) is 0 Å². The van der Waals surface area contributed by atoms with Crippen molar-refractivity contribution < 1.29 is 4.74 Å². The SMILES string of the molecule is CC1(C)CCC(CC(N)Cc2cccc(Br)c2)O1. The predicted molar refractivity (Wildman–Crippen MR) is 78.6 cm³/mol. The van der Waals surface area contributed by atoms with Gasteiger partial charge in [0.15, 0.2) is 0 Å². The second-order valence-electron chi connectivity index (χ2n) is 5.87. The molecule has 0 spiro atoms. The summed E-state index contributed by atoms with van der Waals surface area (Å²) in [6, 6.07) is 8.54. The molecule has 100 valence electrons. The molecule has 1 aromatic carbocycles. The zero-order valence-corrected chi connectivity index (χ0v) is 12.7. The molecule has 18 heavy (non-hydrogen) atoms. The molecule has 1 heterocycles. The zero-order valence-electron chi connectivity index (χ0n) is 11.2. The Kier molecular flexibility index (Phi) is 4.46. The molecule has 0 saturated carbocycles. The van der Waals surface area contributed by atoms with Crippen LogP contribution in [0.5, 0.6) is 0 Å². The first kappa shape index (κ1) is 14.0. The first-order valence-electron chi connectivity index (χ1n) is 6.62. The lowest BCUT2D eigenvalue weighted by Crippen LogP contribution is -2.29. The van der Waals surface area contributed by atoms with Crippen molar-refractivity contribution in [3.63, 3.8) is 0 Å². The Morgan fingerprint density at radius 1 is 1.50 bits per heavy atom. The van der Waals surface area contributed by atoms with Crippen LogP contribution in [0, 0.1) is 0 Å². The molecule has 2 nitrogen and oxygen atoms in total. The van der Waals surface area contributed by atoms with Crippen molar-refractivity contribution >= 4 is 15.9 Å². The third-order valence-corrected chi connectivity index (χ3v) is 4.00. The van der Waals surface area contributed by atoms with Gasteiger partial charge in [-0.15, -0.1) is 0 Å². The molecule has 2 unspecified atom stereocenters. The van der Waals surface area contributed by atoms with Crippen LogP contribution in [0.15, 0.2) is 28.7 Å². The van der Waals surface area contributed by atoms with Crippen molar-refractivity contribution in [2.45, 2.75) is 57.3 Å². The molecule has 1 aromatic rings. The molecule has 1 fully saturated rings. The number of hydrogen-bond acceptors (Lipinski definition) is 2. The molecule has 0 amide bonds. The Labute approximate surface area is 118 Å². The average molecular weight is 312 g/mol. The highest BCUT2D eigenvalue weighted by Crippen LogP contribution is 2.31. The van der Waals surface area contributed by atoms with Gasteiger partial charge < -0.3 is 10.5 Å². The minimum absolute atomic E-state index is 0.0418. The van der Waals surface area contributed by atoms with Gasteiger partial charge in [-0.25, -0.2) is 0 Å². The van der Waals surface area contributed by atoms with Gasteiger partial charge >= 0.3 is 0 Å². The standard InChI is InChI=1S/C15H22BrNO/c1-15(2)7-6-14(18-15)10-13(17)9-11-4-3-5-12(16)8-11/h3-5,8,13-14H,6-7,9-10,17H2,1-2H3. The normalized spacial score (nSPS) is 24.1. The monoisotopic (exact) mass is 311 g/mol. The quantitative estimate of drug-likeness (QED) is 0.921. The maximum Gasteiger partial charge on any atom is 0.0631 e. The van der Waals surface area contributed by atoms with Gasteiger partial charge in [0, 0.05) is 10.5 Å². The molecule has 1 aliphatic rings. The first-order chi connectivity index (χ1) is 8.44. The van der Waals surface area contributed by atoms with Crippen molar-refractivity contribution in [2.24, 2.45) is 5.73 Å². The van der Waals surface area contributed by atoms with Crippen LogP contribution in [0.2, 0.25) is 0 Å². The summed E-state index contributed by atoms with van der Waals surface area (Å²) in [5.41, 5.74) is 7.56. The van der Waals surface area contributed by atoms with Gasteiger partial charge in [-0.05, 0) is 57.2 Å². The van der Waals surface area contributed by atoms with Gasteiger partial charge in [0.2, 0.25) is 0 Å². The molecule has 1 saturated heterocycles. The van der Waals surface area contributed by atoms with Gasteiger partial charge in [0.05, 0.1) is 11.7 Å². The summed E-state index contributed by atoms with van der Waals surface area (Å²) in [6.07, 6.45) is 4.48. The Morgan fingerprint density at radius 2 is 2.28 bits per heavy atom. The number of halogens is 1. The number of nitrogens with two attached hydrogens (primary N) is 1. The molecule has 0 bridgehead atoms. The van der Waals surface area contributed by atoms with Crippen LogP contribution in [-0.2, 0) is 11.2 Å². The van der Waals surface area contributed by atoms with E-state index in [9.17, 15) is 0 Å². The van der Waals surface area contributed by atoms with Crippen LogP contribution < -0.4 is 5.73 Å². The topological polar surface area (TPSA) is 35.2 Å². The predicted octanol–water partition coefficient (Wildman–Crippen LogP) is 3.67. The Bertz CT molecular complexity index is 405. The first-order valence-corrected chi connectivity index (χ1v) is 7.42. The summed E-state index contributed by atoms with van der Waals surface area (Å²) in [7, 11) is 0. The minimum Gasteiger partial charge on any atom is -0.372 e. The summed E-state index contributed by atoms with van der Waals surface area (Å²) < 4.78 is 7.11. The summed E-state index contributed by atoms with van der Waals surface area (Å²) in [5.74, 6) is 0. The van der Waals surface area contributed by atoms with E-state index in [1.807, 2.05) is 6.07 Å². The summed E-state index contributed by atoms with van der Waals surface area (Å²) in [6.45, 7) is 4.32. The maximum absolute atomic E-state index is 6.23. The second kappa shape index (κ2) is 5.72. The van der Waals surface area contributed by atoms with Crippen LogP contribution in [-0.4, -0.2) is 17.7 Å². The van der Waals surface area contributed by atoms with E-state index in [-0.39, 0.29) is 11.6 Å². The van der Waals surface area contributed by atoms with Crippen LogP contribution in [0.4, 0.5) is 0 Å². The molecule has 2 N–H and O–H groups in total. The number of rotatable bonds is 4. The minimum atomic E-state index is 0.0418. The smallest absolute Gasteiger partial charge is 0.0631 e. The van der Waals surface area contributed by atoms with E-state index < -0.39 is 0 Å². The highest BCUT2D eigenvalue weighted by molar-refractivity contribution is 9.10. The molecule has 0 radical (unpaired) electrons. The van der Waals surface area contributed by atoms with Gasteiger partial charge in [0.25, 0.3) is 0 Å². The van der Waals surface area contributed by atoms with E-state index in [1.54, 1.807) is 0 Å². The Hall–Kier alpha value is -0.380. The molecule has 0 aliphatic carbocycles. The average Bonchev–Trinajstić information content (AvgIpc) is 2.57. The molecule has 1 aliphatic heterocycles. The highest BCUT2D eigenvalue weighted by Gasteiger charge is 2.32. The van der Waals surface area contributed by atoms with Crippen molar-refractivity contribution in [2.75, 3.05) is 0 Å². The molecular weight excluding hydrogens is 290 g/mol. The van der Waals surface area contributed by atoms with Crippen molar-refractivity contribution in [1.82, 2.24) is 0 Å². The Balaban J connectivity index is 1.84. The third kappa shape index (κ3) is 4.08. The second-order valence-corrected chi connectivity index (χ2v) is 6.78. The van der Waals surface area contributed by atoms with Gasteiger partial charge in [0.1, 0.15) is 0 Å². The fourth-order valence-electron chi connectivity index (χ4n) is 2.63. The molecular formula is C15H22BrNO. The lowest BCUT2D eigenvalue weighted by Gasteiger charge is -2.21. The van der Waals surface area contributed by atoms with E-state index in [1.165, 1.54) is 5.56 Å². The van der Waals surface area contributed by atoms with Crippen molar-refractivity contribution in [3.8, 4) is 0 Å². The summed E-state index contributed by atoms with van der Waals surface area (Å²) >= 11 is 3.49. The fourth-order valence-corrected chi connectivity index (χ4v) is 3.08. The molecule has 3 heteroatoms. The molecule has 0 aromatic heterocycles. The lowest BCUT2D eigenvalue weighted by atomic mass is 9.99. The number of ether oxygens (including phenoxy) is 1. The summed E-state index contributed by atoms with van der Waals surface area (Å²) in [5, 5.41) is 0. The Morgan fingerprint density at radius 3 is 2.89 bits per heavy atom. The van der Waals surface area contributed by atoms with E-state index in [4.69, 9.17) is 10.5 Å². The van der Waals surface area contributed by atoms with E-state index in [2.05, 4.69) is 48.0 Å². The summed E-state index contributed by atoms with van der Waals surface area (Å²) in [4.78, 5) is 0. The number of hydrogen-bond donors (Lipinski definition) is 1. The molecule has 2 atom stereocenters. The van der Waals surface area contributed by atoms with Crippen molar-refractivity contribution in [3.05, 3.63) is 34.3 Å². The third-order valence-electron chi connectivity index (χ3n) is 3.51. The highest BCUT2D eigenvalue weighted by atomic mass is 79.9. The van der Waals surface area contributed by atoms with Gasteiger partial charge in [-0.2, -0.15) is 0 Å². The van der Waals surface area contributed by atoms with Gasteiger partial charge in [-0.1, -0.05) is 28.1 Å². The van der Waals surface area contributed by atoms with E-state index in [0.29, 0.717) is 6.10 Å². The van der Waals surface area contributed by atoms with Gasteiger partial charge in [-0.3, -0.25) is 0 Å². The largest absolute Gasteiger partial charge is 0.372 e. The van der Waals surface area contributed by atoms with Crippen molar-refractivity contribution in [1.29, 1.82) is 0 Å². The van der Waals surface area contributed by atoms with E-state index >= 15 is 0 Å². The van der Waals surface area contributed by atoms with E-state index in [0.717, 1.165) is 30.2 Å². The maximum atomic E-state index is 6.23. The van der Waals surface area contributed by atoms with Crippen LogP contribution in [0.1, 0.15) is 38.7 Å². The van der Waals surface area contributed by atoms with Crippen LogP contribution in [0.25, 0.3) is 0 Å². The fraction of sp³-hybridized carbons (Fsp3) is 0.600. The molecule has 2 rings (SSSR count). The lowest BCUT2D eigenvalue weighted by molar-refractivity contribution is -0.0205. The zero-order chi connectivity index (χ0) is 13.2. The number of benzene rings is 1.